The molecule has 0 aromatic heterocycles. The zero-order valence-corrected chi connectivity index (χ0v) is 4.18. The Bertz CT molecular complexity index is 150. The van der Waals surface area contributed by atoms with E-state index in [4.69, 9.17) is 0 Å². The fraction of sp³-hybridized carbons (Fsp3) is 0. The van der Waals surface area contributed by atoms with Gasteiger partial charge in [0.25, 0.3) is 12.5 Å². The number of hydrogen-bond donors (Lipinski definition) is 0. The number of rotatable bonds is 4. The Morgan fingerprint density at radius 1 is 1.56 bits per heavy atom. The predicted octanol–water partition coefficient (Wildman–Crippen LogP) is -1.22. The van der Waals surface area contributed by atoms with E-state index in [9.17, 15) is 14.4 Å². The fourth-order valence-electron chi connectivity index (χ4n) is 0.156. The number of hydrazone groups is 1. The van der Waals surface area contributed by atoms with E-state index < -0.39 is 0 Å². The zero-order valence-electron chi connectivity index (χ0n) is 4.18. The summed E-state index contributed by atoms with van der Waals surface area (Å²) in [6.07, 6.45) is 1.03. The van der Waals surface area contributed by atoms with Crippen LogP contribution in [0.2, 0.25) is 0 Å². The first-order valence-corrected chi connectivity index (χ1v) is 1.78. The van der Waals surface area contributed by atoms with Crippen LogP contribution in [0.5, 0.6) is 0 Å². The lowest BCUT2D eigenvalue weighted by Crippen LogP contribution is -2.13. The van der Waals surface area contributed by atoms with Crippen molar-refractivity contribution in [3.63, 3.8) is 0 Å². The van der Waals surface area contributed by atoms with Gasteiger partial charge in [0.15, 0.2) is 0 Å². The Morgan fingerprint density at radius 2 is 2.22 bits per heavy atom. The Hall–Kier alpha value is -1.68. The molecular weight excluding hydrogens is 128 g/mol. The first-order chi connectivity index (χ1) is 4.35. The number of hydroxylamine groups is 1. The van der Waals surface area contributed by atoms with Crippen LogP contribution in [0.15, 0.2) is 5.10 Å². The molecule has 0 N–H and O–H groups in total. The molecule has 0 rings (SSSR count). The SMILES string of the molecule is O=C=NN(C=O)OC=O. The van der Waals surface area contributed by atoms with Crippen molar-refractivity contribution in [2.45, 2.75) is 0 Å². The van der Waals surface area contributed by atoms with Crippen molar-refractivity contribution in [3.05, 3.63) is 0 Å². The van der Waals surface area contributed by atoms with Crippen LogP contribution < -0.4 is 0 Å². The molecule has 0 bridgehead atoms. The Labute approximate surface area is 49.6 Å². The quantitative estimate of drug-likeness (QED) is 0.207. The van der Waals surface area contributed by atoms with Crippen LogP contribution in [0.4, 0.5) is 0 Å². The highest BCUT2D eigenvalue weighted by atomic mass is 16.7. The normalized spacial score (nSPS) is 6.67. The molecule has 0 aliphatic heterocycles. The van der Waals surface area contributed by atoms with E-state index in [0.717, 1.165) is 6.08 Å². The monoisotopic (exact) mass is 130 g/mol. The first-order valence-electron chi connectivity index (χ1n) is 1.78. The molecule has 0 atom stereocenters. The van der Waals surface area contributed by atoms with Gasteiger partial charge in [0, 0.05) is 0 Å². The lowest BCUT2D eigenvalue weighted by atomic mass is 11.3. The van der Waals surface area contributed by atoms with Gasteiger partial charge in [-0.3, -0.25) is 9.59 Å². The van der Waals surface area contributed by atoms with E-state index in [0.29, 0.717) is 0 Å². The van der Waals surface area contributed by atoms with Gasteiger partial charge in [-0.15, -0.1) is 0 Å². The van der Waals surface area contributed by atoms with Crippen molar-refractivity contribution in [2.75, 3.05) is 0 Å². The highest BCUT2D eigenvalue weighted by Crippen LogP contribution is 1.78. The topological polar surface area (TPSA) is 76.0 Å². The van der Waals surface area contributed by atoms with Crippen molar-refractivity contribution in [2.24, 2.45) is 5.10 Å². The molecule has 0 unspecified atom stereocenters. The molecule has 0 saturated heterocycles. The number of isocyanates is 1. The maximum absolute atomic E-state index is 9.65. The largest absolute Gasteiger partial charge is 0.323 e. The van der Waals surface area contributed by atoms with E-state index in [1.165, 1.54) is 0 Å². The molecule has 6 heteroatoms. The summed E-state index contributed by atoms with van der Waals surface area (Å²) in [5.41, 5.74) is 0. The van der Waals surface area contributed by atoms with Gasteiger partial charge in [0.2, 0.25) is 0 Å². The summed E-state index contributed by atoms with van der Waals surface area (Å²) >= 11 is 0. The van der Waals surface area contributed by atoms with E-state index >= 15 is 0 Å². The van der Waals surface area contributed by atoms with E-state index in [1.807, 2.05) is 0 Å². The zero-order chi connectivity index (χ0) is 7.11. The summed E-state index contributed by atoms with van der Waals surface area (Å²) in [5, 5.41) is 2.78. The lowest BCUT2D eigenvalue weighted by molar-refractivity contribution is -0.177. The number of carbonyl (C=O) groups is 2. The lowest BCUT2D eigenvalue weighted by Gasteiger charge is -1.99. The standard InChI is InChI=1S/C3H2N2O4/c6-1-4-5(2-7)9-3-8/h2-3H. The Morgan fingerprint density at radius 3 is 2.56 bits per heavy atom. The average molecular weight is 130 g/mol. The predicted molar refractivity (Wildman–Crippen MR) is 23.2 cm³/mol. The second-order valence-electron chi connectivity index (χ2n) is 0.801. The van der Waals surface area contributed by atoms with Gasteiger partial charge in [-0.05, 0) is 10.3 Å². The third-order valence-electron chi connectivity index (χ3n) is 0.381. The molecular formula is C3H2N2O4. The molecule has 0 aromatic carbocycles. The molecule has 0 saturated carbocycles. The molecule has 0 aliphatic rings. The molecule has 48 valence electrons. The fourth-order valence-corrected chi connectivity index (χ4v) is 0.156. The van der Waals surface area contributed by atoms with Crippen molar-refractivity contribution in [1.29, 1.82) is 0 Å². The maximum atomic E-state index is 9.65. The molecule has 1 amide bonds. The minimum Gasteiger partial charge on any atom is -0.319 e. The smallest absolute Gasteiger partial charge is 0.319 e. The molecule has 0 fully saturated rings. The van der Waals surface area contributed by atoms with E-state index in [-0.39, 0.29) is 18.1 Å². The molecule has 0 spiro atoms. The average Bonchev–Trinajstić information content (AvgIpc) is 1.88. The van der Waals surface area contributed by atoms with Crippen LogP contribution in [0.25, 0.3) is 0 Å². The van der Waals surface area contributed by atoms with Crippen LogP contribution in [0.3, 0.4) is 0 Å². The highest BCUT2D eigenvalue weighted by Gasteiger charge is 1.93. The van der Waals surface area contributed by atoms with Crippen LogP contribution >= 0.6 is 0 Å². The van der Waals surface area contributed by atoms with Gasteiger partial charge >= 0.3 is 6.47 Å². The molecule has 9 heavy (non-hydrogen) atoms. The summed E-state index contributed by atoms with van der Waals surface area (Å²) in [6, 6.07) is 0. The van der Waals surface area contributed by atoms with Gasteiger partial charge in [-0.1, -0.05) is 0 Å². The summed E-state index contributed by atoms with van der Waals surface area (Å²) < 4.78 is 0. The maximum Gasteiger partial charge on any atom is 0.323 e. The second kappa shape index (κ2) is 4.48. The van der Waals surface area contributed by atoms with Crippen LogP contribution in [-0.4, -0.2) is 24.1 Å². The molecule has 6 nitrogen and oxygen atoms in total. The van der Waals surface area contributed by atoms with Crippen molar-refractivity contribution < 1.29 is 19.2 Å². The van der Waals surface area contributed by atoms with Gasteiger partial charge in [-0.2, -0.15) is 0 Å². The summed E-state index contributed by atoms with van der Waals surface area (Å²) in [6.45, 7) is -0.0464. The molecule has 0 radical (unpaired) electrons. The van der Waals surface area contributed by atoms with Crippen molar-refractivity contribution in [3.8, 4) is 0 Å². The third-order valence-corrected chi connectivity index (χ3v) is 0.381. The molecule has 0 aromatic rings. The summed E-state index contributed by atoms with van der Waals surface area (Å²) in [7, 11) is 0. The van der Waals surface area contributed by atoms with Crippen LogP contribution in [0, 0.1) is 0 Å². The summed E-state index contributed by atoms with van der Waals surface area (Å²) in [5.74, 6) is 0. The first kappa shape index (κ1) is 7.32. The third kappa shape index (κ3) is 2.95. The van der Waals surface area contributed by atoms with E-state index in [1.54, 1.807) is 0 Å². The molecule has 0 aliphatic carbocycles. The van der Waals surface area contributed by atoms with Gasteiger partial charge in [0.05, 0.1) is 0 Å². The second-order valence-corrected chi connectivity index (χ2v) is 0.801. The van der Waals surface area contributed by atoms with Gasteiger partial charge in [-0.25, -0.2) is 4.79 Å². The number of carbonyl (C=O) groups excluding carboxylic acids is 3. The van der Waals surface area contributed by atoms with Crippen LogP contribution in [-0.2, 0) is 19.2 Å². The Kier molecular flexibility index (Phi) is 3.64. The van der Waals surface area contributed by atoms with E-state index in [2.05, 4.69) is 9.94 Å². The Balaban J connectivity index is 3.80. The minimum absolute atomic E-state index is 0.0410. The minimum atomic E-state index is -0.0464. The number of amides is 1. The number of hydrogen-bond acceptors (Lipinski definition) is 5. The van der Waals surface area contributed by atoms with Gasteiger partial charge in [0.1, 0.15) is 0 Å². The number of nitrogens with zero attached hydrogens (tertiary/aromatic N) is 2. The summed E-state index contributed by atoms with van der Waals surface area (Å²) in [4.78, 5) is 32.2. The van der Waals surface area contributed by atoms with Crippen molar-refractivity contribution in [1.82, 2.24) is 5.17 Å². The van der Waals surface area contributed by atoms with Crippen molar-refractivity contribution >= 4 is 19.0 Å². The highest BCUT2D eigenvalue weighted by molar-refractivity contribution is 5.49. The molecule has 0 heterocycles. The van der Waals surface area contributed by atoms with Crippen LogP contribution in [0.1, 0.15) is 0 Å². The van der Waals surface area contributed by atoms with Gasteiger partial charge < -0.3 is 4.84 Å².